The minimum Gasteiger partial charge on any atom is -0.309 e. The maximum absolute atomic E-state index is 2.80. The van der Waals surface area contributed by atoms with E-state index in [0.29, 0.717) is 0 Å². The van der Waals surface area contributed by atoms with Gasteiger partial charge in [0.2, 0.25) is 0 Å². The van der Waals surface area contributed by atoms with Crippen molar-refractivity contribution in [2.24, 2.45) is 0 Å². The van der Waals surface area contributed by atoms with E-state index in [1.54, 1.807) is 0 Å². The molecule has 0 saturated carbocycles. The zero-order valence-corrected chi connectivity index (χ0v) is 43.7. The SMILES string of the molecule is c1ccc([Si](c2ccccc2)(c2ccccc2)c2cccc(-n3c4ccccc4c4cc(-n5c6ccc(-n7c8ccccc8c8ccccc87)cc6c6cccc(-c7ccc8c(c7)sc7ccccc78)c65)ccc43)c2)cc1. The topological polar surface area (TPSA) is 14.8 Å². The fourth-order valence-corrected chi connectivity index (χ4v) is 19.0. The Balaban J connectivity index is 0.936. The van der Waals surface area contributed by atoms with Gasteiger partial charge in [-0.25, -0.2) is 0 Å². The molecule has 0 aliphatic carbocycles. The number of rotatable bonds is 8. The molecule has 12 aromatic carbocycles. The molecule has 0 radical (unpaired) electrons. The molecule has 0 aliphatic rings. The van der Waals surface area contributed by atoms with Crippen molar-refractivity contribution in [2.75, 3.05) is 0 Å². The Labute approximate surface area is 450 Å². The molecule has 0 aliphatic heterocycles. The highest BCUT2D eigenvalue weighted by Crippen LogP contribution is 2.44. The Morgan fingerprint density at radius 3 is 1.29 bits per heavy atom. The standard InChI is InChI=1S/C72H47N3SSi/c1-4-21-52(22-5-1)77(53-23-6-2-7-24-53,54-25-8-3-9-26-54)55-27-18-20-49(45-55)73-67-36-16-12-30-59(67)63-47-51(40-42-68(63)73)75-69-43-39-50(74-65-34-14-10-28-57(65)58-29-11-15-35-66(58)74)46-64(69)62-33-19-32-56(72(62)75)48-38-41-61-60-31-13-17-37-70(60)76-71(61)44-48/h1-47H. The van der Waals surface area contributed by atoms with Crippen molar-refractivity contribution >= 4 is 126 Å². The summed E-state index contributed by atoms with van der Waals surface area (Å²) in [4.78, 5) is 0. The predicted octanol–water partition coefficient (Wildman–Crippen LogP) is 16.4. The van der Waals surface area contributed by atoms with E-state index in [0.717, 1.165) is 17.1 Å². The van der Waals surface area contributed by atoms with Gasteiger partial charge in [0.1, 0.15) is 0 Å². The Morgan fingerprint density at radius 2 is 0.675 bits per heavy atom. The summed E-state index contributed by atoms with van der Waals surface area (Å²) in [5.74, 6) is 0. The van der Waals surface area contributed by atoms with Crippen LogP contribution in [0.15, 0.2) is 285 Å². The van der Waals surface area contributed by atoms with Crippen LogP contribution in [-0.2, 0) is 0 Å². The first-order valence-electron chi connectivity index (χ1n) is 26.5. The molecule has 0 fully saturated rings. The maximum atomic E-state index is 2.54. The number of thiophene rings is 1. The molecular weight excluding hydrogens is 967 g/mol. The second-order valence-corrected chi connectivity index (χ2v) is 25.3. The number of aromatic nitrogens is 3. The molecule has 0 N–H and O–H groups in total. The fourth-order valence-electron chi connectivity index (χ4n) is 13.1. The van der Waals surface area contributed by atoms with Gasteiger partial charge in [0.25, 0.3) is 0 Å². The summed E-state index contributed by atoms with van der Waals surface area (Å²) in [6.45, 7) is 0. The lowest BCUT2D eigenvalue weighted by Gasteiger charge is -2.34. The Hall–Kier alpha value is -9.52. The first kappa shape index (κ1) is 43.8. The number of nitrogens with zero attached hydrogens (tertiary/aromatic N) is 3. The van der Waals surface area contributed by atoms with Crippen molar-refractivity contribution in [1.29, 1.82) is 0 Å². The van der Waals surface area contributed by atoms with E-state index in [9.17, 15) is 0 Å². The zero-order valence-electron chi connectivity index (χ0n) is 41.9. The molecule has 3 nitrogen and oxygen atoms in total. The number of hydrogen-bond acceptors (Lipinski definition) is 1. The maximum Gasteiger partial charge on any atom is 0.179 e. The smallest absolute Gasteiger partial charge is 0.179 e. The van der Waals surface area contributed by atoms with Crippen LogP contribution in [0.3, 0.4) is 0 Å². The first-order chi connectivity index (χ1) is 38.2. The normalized spacial score (nSPS) is 12.2. The largest absolute Gasteiger partial charge is 0.309 e. The fraction of sp³-hybridized carbons (Fsp3) is 0. The summed E-state index contributed by atoms with van der Waals surface area (Å²) < 4.78 is 10.1. The van der Waals surface area contributed by atoms with Crippen molar-refractivity contribution < 1.29 is 0 Å². The lowest BCUT2D eigenvalue weighted by molar-refractivity contribution is 1.16. The number of fused-ring (bicyclic) bond motifs is 12. The second-order valence-electron chi connectivity index (χ2n) is 20.4. The average molecular weight is 1010 g/mol. The molecule has 16 aromatic rings. The first-order valence-corrected chi connectivity index (χ1v) is 29.3. The predicted molar refractivity (Wildman–Crippen MR) is 331 cm³/mol. The molecule has 360 valence electrons. The highest BCUT2D eigenvalue weighted by atomic mass is 32.1. The summed E-state index contributed by atoms with van der Waals surface area (Å²) in [7, 11) is -2.80. The third kappa shape index (κ3) is 6.55. The van der Waals surface area contributed by atoms with Crippen LogP contribution in [-0.4, -0.2) is 21.8 Å². The van der Waals surface area contributed by atoms with Gasteiger partial charge in [0.05, 0.1) is 33.1 Å². The molecule has 0 unspecified atom stereocenters. The Morgan fingerprint density at radius 1 is 0.247 bits per heavy atom. The highest BCUT2D eigenvalue weighted by molar-refractivity contribution is 7.25. The average Bonchev–Trinajstić information content (AvgIpc) is 4.28. The van der Waals surface area contributed by atoms with Crippen LogP contribution in [0.5, 0.6) is 0 Å². The molecule has 16 rings (SSSR count). The molecule has 0 spiro atoms. The van der Waals surface area contributed by atoms with Crippen LogP contribution >= 0.6 is 11.3 Å². The van der Waals surface area contributed by atoms with Gasteiger partial charge in [-0.3, -0.25) is 0 Å². The van der Waals surface area contributed by atoms with Crippen LogP contribution < -0.4 is 20.7 Å². The van der Waals surface area contributed by atoms with Gasteiger partial charge in [0.15, 0.2) is 8.07 Å². The van der Waals surface area contributed by atoms with E-state index >= 15 is 0 Å². The lowest BCUT2D eigenvalue weighted by Crippen LogP contribution is -2.74. The van der Waals surface area contributed by atoms with Gasteiger partial charge in [0, 0.05) is 75.1 Å². The summed E-state index contributed by atoms with van der Waals surface area (Å²) in [6, 6.07) is 107. The van der Waals surface area contributed by atoms with E-state index in [4.69, 9.17) is 0 Å². The third-order valence-corrected chi connectivity index (χ3v) is 22.3. The van der Waals surface area contributed by atoms with E-state index in [-0.39, 0.29) is 0 Å². The van der Waals surface area contributed by atoms with Crippen LogP contribution in [0.25, 0.3) is 114 Å². The zero-order chi connectivity index (χ0) is 50.6. The van der Waals surface area contributed by atoms with Crippen LogP contribution in [0.2, 0.25) is 0 Å². The lowest BCUT2D eigenvalue weighted by atomic mass is 10.0. The molecule has 0 bridgehead atoms. The molecule has 0 atom stereocenters. The van der Waals surface area contributed by atoms with Gasteiger partial charge < -0.3 is 13.7 Å². The molecule has 4 aromatic heterocycles. The van der Waals surface area contributed by atoms with Crippen molar-refractivity contribution in [3.05, 3.63) is 285 Å². The minimum absolute atomic E-state index is 1.12. The van der Waals surface area contributed by atoms with Crippen molar-refractivity contribution in [1.82, 2.24) is 13.7 Å². The highest BCUT2D eigenvalue weighted by Gasteiger charge is 2.41. The Bertz CT molecular complexity index is 4840. The van der Waals surface area contributed by atoms with E-state index in [1.807, 2.05) is 11.3 Å². The van der Waals surface area contributed by atoms with Gasteiger partial charge >= 0.3 is 0 Å². The van der Waals surface area contributed by atoms with Gasteiger partial charge in [-0.2, -0.15) is 0 Å². The van der Waals surface area contributed by atoms with Gasteiger partial charge in [-0.05, 0) is 105 Å². The molecule has 0 saturated heterocycles. The Kier molecular flexibility index (Phi) is 9.83. The van der Waals surface area contributed by atoms with Crippen molar-refractivity contribution in [3.63, 3.8) is 0 Å². The number of para-hydroxylation sites is 4. The van der Waals surface area contributed by atoms with E-state index in [2.05, 4.69) is 299 Å². The second kappa shape index (κ2) is 17.3. The molecular formula is C72H47N3SSi. The molecule has 5 heteroatoms. The number of benzene rings is 12. The third-order valence-electron chi connectivity index (χ3n) is 16.4. The van der Waals surface area contributed by atoms with E-state index < -0.39 is 8.07 Å². The van der Waals surface area contributed by atoms with Gasteiger partial charge in [-0.15, -0.1) is 11.3 Å². The van der Waals surface area contributed by atoms with Crippen LogP contribution in [0, 0.1) is 0 Å². The van der Waals surface area contributed by atoms with Crippen molar-refractivity contribution in [3.8, 4) is 28.2 Å². The summed E-state index contributed by atoms with van der Waals surface area (Å²) in [6.07, 6.45) is 0. The quantitative estimate of drug-likeness (QED) is 0.106. The summed E-state index contributed by atoms with van der Waals surface area (Å²) in [5, 5.41) is 15.4. The van der Waals surface area contributed by atoms with Crippen LogP contribution in [0.1, 0.15) is 0 Å². The monoisotopic (exact) mass is 1010 g/mol. The minimum atomic E-state index is -2.80. The molecule has 4 heterocycles. The van der Waals surface area contributed by atoms with Crippen LogP contribution in [0.4, 0.5) is 0 Å². The van der Waals surface area contributed by atoms with Gasteiger partial charge in [-0.1, -0.05) is 206 Å². The number of hydrogen-bond donors (Lipinski definition) is 0. The van der Waals surface area contributed by atoms with E-state index in [1.165, 1.54) is 117 Å². The summed E-state index contributed by atoms with van der Waals surface area (Å²) >= 11 is 1.88. The van der Waals surface area contributed by atoms with Crippen molar-refractivity contribution in [2.45, 2.75) is 0 Å². The summed E-state index contributed by atoms with van der Waals surface area (Å²) in [5.41, 5.74) is 12.9. The molecule has 0 amide bonds. The molecule has 77 heavy (non-hydrogen) atoms.